The molecule has 0 aliphatic heterocycles. The summed E-state index contributed by atoms with van der Waals surface area (Å²) in [5, 5.41) is 12.6. The molecule has 0 fully saturated rings. The first-order valence-corrected chi connectivity index (χ1v) is 9.45. The Hall–Kier alpha value is -1.01. The summed E-state index contributed by atoms with van der Waals surface area (Å²) >= 11 is 0. The zero-order valence-corrected chi connectivity index (χ0v) is 17.8. The number of amides is 1. The fourth-order valence-electron chi connectivity index (χ4n) is 1.98. The van der Waals surface area contributed by atoms with E-state index >= 15 is 0 Å². The van der Waals surface area contributed by atoms with Crippen LogP contribution in [0.1, 0.15) is 24.8 Å². The number of nitrogens with one attached hydrogen (secondary N) is 2. The lowest BCUT2D eigenvalue weighted by Gasteiger charge is -2.18. The quantitative estimate of drug-likeness (QED) is 0.347. The maximum Gasteiger partial charge on any atom is 0.278 e. The van der Waals surface area contributed by atoms with Gasteiger partial charge in [0, 0.05) is 45.6 Å². The van der Waals surface area contributed by atoms with E-state index in [4.69, 9.17) is 5.73 Å². The Labute approximate surface area is 173 Å². The van der Waals surface area contributed by atoms with Crippen molar-refractivity contribution in [2.45, 2.75) is 38.0 Å². The van der Waals surface area contributed by atoms with Gasteiger partial charge in [-0.1, -0.05) is 12.5 Å². The van der Waals surface area contributed by atoms with Crippen LogP contribution in [0.2, 0.25) is 0 Å². The molecule has 5 N–H and O–H groups in total. The van der Waals surface area contributed by atoms with E-state index in [1.54, 1.807) is 18.5 Å². The maximum absolute atomic E-state index is 11.9. The second-order valence-electron chi connectivity index (χ2n) is 5.87. The lowest BCUT2D eigenvalue weighted by Crippen LogP contribution is -2.46. The SMILES string of the molecule is CN(C)S(=O)(=O)NCCCC[C@H](N)C(O)C(=O)NCc1cccnc1.Cl.Cl. The average molecular weight is 446 g/mol. The number of unbranched alkanes of at least 4 members (excludes halogenated alkanes) is 1. The molecule has 0 saturated carbocycles. The molecule has 27 heavy (non-hydrogen) atoms. The molecular formula is C15H29Cl2N5O4S. The predicted molar refractivity (Wildman–Crippen MR) is 109 cm³/mol. The highest BCUT2D eigenvalue weighted by atomic mass is 35.5. The molecule has 0 bridgehead atoms. The number of aliphatic hydroxyl groups excluding tert-OH is 1. The molecule has 0 saturated heterocycles. The minimum Gasteiger partial charge on any atom is -0.382 e. The Morgan fingerprint density at radius 1 is 1.33 bits per heavy atom. The van der Waals surface area contributed by atoms with Crippen molar-refractivity contribution in [2.75, 3.05) is 20.6 Å². The van der Waals surface area contributed by atoms with Crippen molar-refractivity contribution < 1.29 is 18.3 Å². The van der Waals surface area contributed by atoms with E-state index in [0.717, 1.165) is 9.87 Å². The monoisotopic (exact) mass is 445 g/mol. The lowest BCUT2D eigenvalue weighted by atomic mass is 10.0. The Bertz CT molecular complexity index is 634. The summed E-state index contributed by atoms with van der Waals surface area (Å²) in [7, 11) is -0.543. The van der Waals surface area contributed by atoms with E-state index in [2.05, 4.69) is 15.0 Å². The van der Waals surface area contributed by atoms with Gasteiger partial charge in [0.1, 0.15) is 6.10 Å². The van der Waals surface area contributed by atoms with Crippen LogP contribution in [0, 0.1) is 0 Å². The van der Waals surface area contributed by atoms with Crippen LogP contribution in [0.15, 0.2) is 24.5 Å². The summed E-state index contributed by atoms with van der Waals surface area (Å²) in [6.07, 6.45) is 3.51. The Kier molecular flexibility index (Phi) is 14.7. The molecule has 2 atom stereocenters. The van der Waals surface area contributed by atoms with Gasteiger partial charge in [0.05, 0.1) is 0 Å². The number of halogens is 2. The molecular weight excluding hydrogens is 417 g/mol. The molecule has 1 amide bonds. The molecule has 0 aliphatic carbocycles. The summed E-state index contributed by atoms with van der Waals surface area (Å²) < 4.78 is 26.5. The van der Waals surface area contributed by atoms with Crippen LogP contribution in [-0.4, -0.2) is 61.5 Å². The van der Waals surface area contributed by atoms with Crippen LogP contribution in [0.5, 0.6) is 0 Å². The van der Waals surface area contributed by atoms with Crippen LogP contribution in [0.25, 0.3) is 0 Å². The fraction of sp³-hybridized carbons (Fsp3) is 0.600. The van der Waals surface area contributed by atoms with Crippen LogP contribution < -0.4 is 15.8 Å². The van der Waals surface area contributed by atoms with Crippen LogP contribution in [-0.2, 0) is 21.5 Å². The normalized spacial score (nSPS) is 13.2. The zero-order valence-electron chi connectivity index (χ0n) is 15.4. The van der Waals surface area contributed by atoms with E-state index in [9.17, 15) is 18.3 Å². The summed E-state index contributed by atoms with van der Waals surface area (Å²) in [6.45, 7) is 0.541. The summed E-state index contributed by atoms with van der Waals surface area (Å²) in [6, 6.07) is 2.86. The van der Waals surface area contributed by atoms with Crippen LogP contribution >= 0.6 is 24.8 Å². The Morgan fingerprint density at radius 2 is 2.00 bits per heavy atom. The van der Waals surface area contributed by atoms with Crippen molar-refractivity contribution in [1.82, 2.24) is 19.3 Å². The van der Waals surface area contributed by atoms with Gasteiger partial charge in [-0.05, 0) is 24.5 Å². The maximum atomic E-state index is 11.9. The highest BCUT2D eigenvalue weighted by Gasteiger charge is 2.22. The van der Waals surface area contributed by atoms with Crippen LogP contribution in [0.3, 0.4) is 0 Å². The van der Waals surface area contributed by atoms with Gasteiger partial charge in [-0.3, -0.25) is 9.78 Å². The molecule has 158 valence electrons. The third-order valence-electron chi connectivity index (χ3n) is 3.59. The van der Waals surface area contributed by atoms with Gasteiger partial charge in [-0.2, -0.15) is 12.7 Å². The first kappa shape index (κ1) is 28.2. The molecule has 0 aliphatic rings. The number of carbonyl (C=O) groups is 1. The zero-order chi connectivity index (χ0) is 18.9. The topological polar surface area (TPSA) is 138 Å². The molecule has 0 aromatic carbocycles. The number of pyridine rings is 1. The Morgan fingerprint density at radius 3 is 2.56 bits per heavy atom. The van der Waals surface area contributed by atoms with Gasteiger partial charge in [0.15, 0.2) is 0 Å². The van der Waals surface area contributed by atoms with Gasteiger partial charge >= 0.3 is 0 Å². The molecule has 1 unspecified atom stereocenters. The molecule has 0 spiro atoms. The van der Waals surface area contributed by atoms with Crippen molar-refractivity contribution in [3.63, 3.8) is 0 Å². The van der Waals surface area contributed by atoms with E-state index in [1.165, 1.54) is 14.1 Å². The molecule has 1 aromatic rings. The summed E-state index contributed by atoms with van der Waals surface area (Å²) in [4.78, 5) is 15.8. The second-order valence-corrected chi connectivity index (χ2v) is 7.83. The predicted octanol–water partition coefficient (Wildman–Crippen LogP) is -0.204. The van der Waals surface area contributed by atoms with Crippen molar-refractivity contribution in [2.24, 2.45) is 5.73 Å². The molecule has 1 aromatic heterocycles. The third kappa shape index (κ3) is 10.8. The van der Waals surface area contributed by atoms with E-state index in [-0.39, 0.29) is 37.9 Å². The van der Waals surface area contributed by atoms with Crippen molar-refractivity contribution in [1.29, 1.82) is 0 Å². The number of rotatable bonds is 11. The number of hydrogen-bond donors (Lipinski definition) is 4. The average Bonchev–Trinajstić information content (AvgIpc) is 2.59. The first-order chi connectivity index (χ1) is 11.7. The van der Waals surface area contributed by atoms with E-state index in [1.807, 2.05) is 6.07 Å². The summed E-state index contributed by atoms with van der Waals surface area (Å²) in [5.41, 5.74) is 6.66. The largest absolute Gasteiger partial charge is 0.382 e. The van der Waals surface area contributed by atoms with Crippen molar-refractivity contribution >= 4 is 40.9 Å². The van der Waals surface area contributed by atoms with E-state index < -0.39 is 28.3 Å². The van der Waals surface area contributed by atoms with Gasteiger partial charge in [0.2, 0.25) is 0 Å². The van der Waals surface area contributed by atoms with Crippen LogP contribution in [0.4, 0.5) is 0 Å². The number of nitrogens with zero attached hydrogens (tertiary/aromatic N) is 2. The van der Waals surface area contributed by atoms with E-state index in [0.29, 0.717) is 19.3 Å². The first-order valence-electron chi connectivity index (χ1n) is 8.01. The number of nitrogens with two attached hydrogens (primary N) is 1. The van der Waals surface area contributed by atoms with Gasteiger partial charge < -0.3 is 16.2 Å². The minimum absolute atomic E-state index is 0. The minimum atomic E-state index is -3.43. The second kappa shape index (κ2) is 14.1. The molecule has 0 radical (unpaired) electrons. The lowest BCUT2D eigenvalue weighted by molar-refractivity contribution is -0.130. The summed E-state index contributed by atoms with van der Waals surface area (Å²) in [5.74, 6) is -0.537. The highest BCUT2D eigenvalue weighted by Crippen LogP contribution is 2.04. The highest BCUT2D eigenvalue weighted by molar-refractivity contribution is 7.87. The number of carbonyl (C=O) groups excluding carboxylic acids is 1. The molecule has 1 rings (SSSR count). The fourth-order valence-corrected chi connectivity index (χ4v) is 2.64. The third-order valence-corrected chi connectivity index (χ3v) is 5.12. The smallest absolute Gasteiger partial charge is 0.278 e. The number of aliphatic hydroxyl groups is 1. The number of hydrogen-bond acceptors (Lipinski definition) is 6. The molecule has 9 nitrogen and oxygen atoms in total. The van der Waals surface area contributed by atoms with Crippen molar-refractivity contribution in [3.05, 3.63) is 30.1 Å². The standard InChI is InChI=1S/C15H27N5O4S.2ClH/c1-20(2)25(23,24)19-9-4-3-7-13(16)14(21)15(22)18-11-12-6-5-8-17-10-12;;/h5-6,8,10,13-14,19,21H,3-4,7,9,11,16H2,1-2H3,(H,18,22);2*1H/t13-,14?;;/m0../s1. The molecule has 12 heteroatoms. The van der Waals surface area contributed by atoms with Gasteiger partial charge in [0.25, 0.3) is 16.1 Å². The van der Waals surface area contributed by atoms with Crippen molar-refractivity contribution in [3.8, 4) is 0 Å². The Balaban J connectivity index is 0. The van der Waals surface area contributed by atoms with Gasteiger partial charge in [-0.15, -0.1) is 24.8 Å². The van der Waals surface area contributed by atoms with Gasteiger partial charge in [-0.25, -0.2) is 4.72 Å². The number of aromatic nitrogens is 1. The molecule has 1 heterocycles.